The number of nitrogens with one attached hydrogen (secondary N) is 2. The monoisotopic (exact) mass is 380 g/mol. The van der Waals surface area contributed by atoms with Gasteiger partial charge in [0, 0.05) is 32.1 Å². The van der Waals surface area contributed by atoms with E-state index in [1.165, 1.54) is 11.1 Å². The van der Waals surface area contributed by atoms with Gasteiger partial charge in [0.2, 0.25) is 5.91 Å². The Labute approximate surface area is 163 Å². The molecule has 1 amide bonds. The molecular formula is C21H24N4O3. The number of ether oxygens (including phenoxy) is 1. The minimum atomic E-state index is -0.0311. The third-order valence-electron chi connectivity index (χ3n) is 4.92. The summed E-state index contributed by atoms with van der Waals surface area (Å²) in [5, 5.41) is 9.82. The molecule has 2 aromatic heterocycles. The number of amides is 1. The SMILES string of the molecule is COCCC(=O)Nc1ccc2c(c1)CN(Cc1ccc(-c3ccn[nH]3)o1)CC2. The highest BCUT2D eigenvalue weighted by Gasteiger charge is 2.18. The van der Waals surface area contributed by atoms with Gasteiger partial charge in [-0.15, -0.1) is 0 Å². The number of aromatic amines is 1. The van der Waals surface area contributed by atoms with Gasteiger partial charge in [0.25, 0.3) is 0 Å². The molecule has 3 aromatic rings. The number of hydrogen-bond donors (Lipinski definition) is 2. The van der Waals surface area contributed by atoms with Crippen molar-refractivity contribution in [3.63, 3.8) is 0 Å². The van der Waals surface area contributed by atoms with Crippen molar-refractivity contribution in [1.82, 2.24) is 15.1 Å². The summed E-state index contributed by atoms with van der Waals surface area (Å²) in [5.74, 6) is 1.69. The quantitative estimate of drug-likeness (QED) is 0.658. The Morgan fingerprint density at radius 2 is 2.21 bits per heavy atom. The summed E-state index contributed by atoms with van der Waals surface area (Å²) in [5.41, 5.74) is 4.30. The van der Waals surface area contributed by atoms with Crippen molar-refractivity contribution in [2.45, 2.75) is 25.9 Å². The maximum absolute atomic E-state index is 11.9. The predicted molar refractivity (Wildman–Crippen MR) is 106 cm³/mol. The zero-order valence-corrected chi connectivity index (χ0v) is 15.9. The number of methoxy groups -OCH3 is 1. The van der Waals surface area contributed by atoms with Crippen molar-refractivity contribution in [1.29, 1.82) is 0 Å². The van der Waals surface area contributed by atoms with E-state index in [-0.39, 0.29) is 5.91 Å². The van der Waals surface area contributed by atoms with E-state index in [1.807, 2.05) is 24.3 Å². The molecule has 0 aliphatic carbocycles. The van der Waals surface area contributed by atoms with Crippen LogP contribution in [0.1, 0.15) is 23.3 Å². The minimum absolute atomic E-state index is 0.0311. The Morgan fingerprint density at radius 3 is 3.04 bits per heavy atom. The van der Waals surface area contributed by atoms with Gasteiger partial charge in [-0.2, -0.15) is 5.10 Å². The van der Waals surface area contributed by atoms with Crippen LogP contribution in [0.4, 0.5) is 5.69 Å². The zero-order chi connectivity index (χ0) is 19.3. The highest BCUT2D eigenvalue weighted by atomic mass is 16.5. The van der Waals surface area contributed by atoms with E-state index >= 15 is 0 Å². The average molecular weight is 380 g/mol. The van der Waals surface area contributed by atoms with E-state index in [4.69, 9.17) is 9.15 Å². The van der Waals surface area contributed by atoms with Gasteiger partial charge in [-0.05, 0) is 47.9 Å². The highest BCUT2D eigenvalue weighted by molar-refractivity contribution is 5.90. The molecule has 1 aliphatic heterocycles. The number of carbonyl (C=O) groups excluding carboxylic acids is 1. The van der Waals surface area contributed by atoms with Crippen LogP contribution in [0.5, 0.6) is 0 Å². The van der Waals surface area contributed by atoms with Crippen molar-refractivity contribution in [2.75, 3.05) is 25.6 Å². The molecule has 7 nitrogen and oxygen atoms in total. The van der Waals surface area contributed by atoms with Gasteiger partial charge in [0.15, 0.2) is 5.76 Å². The van der Waals surface area contributed by atoms with Crippen molar-refractivity contribution < 1.29 is 13.9 Å². The topological polar surface area (TPSA) is 83.4 Å². The van der Waals surface area contributed by atoms with Crippen LogP contribution >= 0.6 is 0 Å². The summed E-state index contributed by atoms with van der Waals surface area (Å²) in [4.78, 5) is 14.3. The third-order valence-corrected chi connectivity index (χ3v) is 4.92. The first-order valence-corrected chi connectivity index (χ1v) is 9.42. The molecule has 0 radical (unpaired) electrons. The van der Waals surface area contributed by atoms with Gasteiger partial charge in [0.1, 0.15) is 11.5 Å². The normalized spacial score (nSPS) is 14.0. The summed E-state index contributed by atoms with van der Waals surface area (Å²) in [7, 11) is 1.59. The lowest BCUT2D eigenvalue weighted by Gasteiger charge is -2.28. The van der Waals surface area contributed by atoms with Crippen LogP contribution in [0.3, 0.4) is 0 Å². The van der Waals surface area contributed by atoms with Gasteiger partial charge in [0.05, 0.1) is 19.6 Å². The molecule has 0 atom stereocenters. The molecule has 3 heterocycles. The molecule has 2 N–H and O–H groups in total. The Kier molecular flexibility index (Phi) is 5.55. The fourth-order valence-corrected chi connectivity index (χ4v) is 3.47. The Morgan fingerprint density at radius 1 is 1.29 bits per heavy atom. The van der Waals surface area contributed by atoms with Crippen molar-refractivity contribution >= 4 is 11.6 Å². The lowest BCUT2D eigenvalue weighted by molar-refractivity contribution is -0.117. The summed E-state index contributed by atoms with van der Waals surface area (Å²) < 4.78 is 10.9. The van der Waals surface area contributed by atoms with Crippen LogP contribution in [0.25, 0.3) is 11.5 Å². The number of rotatable bonds is 7. The van der Waals surface area contributed by atoms with E-state index in [1.54, 1.807) is 13.3 Å². The van der Waals surface area contributed by atoms with Crippen LogP contribution < -0.4 is 5.32 Å². The molecule has 0 unspecified atom stereocenters. The fraction of sp³-hybridized carbons (Fsp3) is 0.333. The number of furan rings is 1. The van der Waals surface area contributed by atoms with Crippen LogP contribution in [0, 0.1) is 0 Å². The molecule has 0 fully saturated rings. The largest absolute Gasteiger partial charge is 0.458 e. The van der Waals surface area contributed by atoms with Crippen molar-refractivity contribution in [2.24, 2.45) is 0 Å². The van der Waals surface area contributed by atoms with Crippen LogP contribution in [-0.4, -0.2) is 41.3 Å². The zero-order valence-electron chi connectivity index (χ0n) is 15.9. The molecule has 0 saturated carbocycles. The van der Waals surface area contributed by atoms with Crippen LogP contribution in [0.15, 0.2) is 47.0 Å². The molecule has 0 saturated heterocycles. The number of fused-ring (bicyclic) bond motifs is 1. The number of carbonyl (C=O) groups is 1. The highest BCUT2D eigenvalue weighted by Crippen LogP contribution is 2.26. The Balaban J connectivity index is 1.39. The summed E-state index contributed by atoms with van der Waals surface area (Å²) in [6, 6.07) is 12.0. The van der Waals surface area contributed by atoms with Gasteiger partial charge in [-0.1, -0.05) is 6.07 Å². The molecule has 1 aromatic carbocycles. The minimum Gasteiger partial charge on any atom is -0.458 e. The molecule has 0 bridgehead atoms. The first-order chi connectivity index (χ1) is 13.7. The first kappa shape index (κ1) is 18.5. The van der Waals surface area contributed by atoms with Gasteiger partial charge < -0.3 is 14.5 Å². The number of benzene rings is 1. The Hall–Kier alpha value is -2.90. The Bertz CT molecular complexity index is 933. The van der Waals surface area contributed by atoms with E-state index in [0.717, 1.165) is 49.0 Å². The van der Waals surface area contributed by atoms with E-state index in [9.17, 15) is 4.79 Å². The first-order valence-electron chi connectivity index (χ1n) is 9.42. The van der Waals surface area contributed by atoms with E-state index < -0.39 is 0 Å². The van der Waals surface area contributed by atoms with Gasteiger partial charge in [-0.3, -0.25) is 14.8 Å². The smallest absolute Gasteiger partial charge is 0.226 e. The second kappa shape index (κ2) is 8.41. The molecule has 146 valence electrons. The molecule has 7 heteroatoms. The van der Waals surface area contributed by atoms with E-state index in [2.05, 4.69) is 32.5 Å². The van der Waals surface area contributed by atoms with Crippen molar-refractivity contribution in [3.05, 3.63) is 59.5 Å². The van der Waals surface area contributed by atoms with Gasteiger partial charge >= 0.3 is 0 Å². The van der Waals surface area contributed by atoms with Crippen LogP contribution in [0.2, 0.25) is 0 Å². The molecular weight excluding hydrogens is 356 g/mol. The van der Waals surface area contributed by atoms with Gasteiger partial charge in [-0.25, -0.2) is 0 Å². The summed E-state index contributed by atoms with van der Waals surface area (Å²) in [6.45, 7) is 2.98. The maximum atomic E-state index is 11.9. The third kappa shape index (κ3) is 4.32. The number of H-pyrrole nitrogens is 1. The lowest BCUT2D eigenvalue weighted by atomic mass is 9.99. The maximum Gasteiger partial charge on any atom is 0.226 e. The van der Waals surface area contributed by atoms with Crippen LogP contribution in [-0.2, 0) is 29.0 Å². The average Bonchev–Trinajstić information content (AvgIpc) is 3.38. The fourth-order valence-electron chi connectivity index (χ4n) is 3.47. The summed E-state index contributed by atoms with van der Waals surface area (Å²) >= 11 is 0. The second-order valence-corrected chi connectivity index (χ2v) is 6.97. The van der Waals surface area contributed by atoms with Crippen molar-refractivity contribution in [3.8, 4) is 11.5 Å². The second-order valence-electron chi connectivity index (χ2n) is 6.97. The molecule has 1 aliphatic rings. The number of nitrogens with zero attached hydrogens (tertiary/aromatic N) is 2. The standard InChI is InChI=1S/C21H24N4O3/c1-27-11-8-21(26)23-17-3-2-15-7-10-25(13-16(15)12-17)14-18-4-5-20(28-18)19-6-9-22-24-19/h2-6,9,12H,7-8,10-11,13-14H2,1H3,(H,22,24)(H,23,26). The molecule has 4 rings (SSSR count). The number of aromatic nitrogens is 2. The number of anilines is 1. The predicted octanol–water partition coefficient (Wildman–Crippen LogP) is 3.20. The number of hydrogen-bond acceptors (Lipinski definition) is 5. The van der Waals surface area contributed by atoms with E-state index in [0.29, 0.717) is 13.0 Å². The summed E-state index contributed by atoms with van der Waals surface area (Å²) in [6.07, 6.45) is 3.06. The lowest BCUT2D eigenvalue weighted by Crippen LogP contribution is -2.30. The molecule has 0 spiro atoms. The molecule has 28 heavy (non-hydrogen) atoms.